The number of carbonyl (C=O) groups excluding carboxylic acids is 1. The van der Waals surface area contributed by atoms with E-state index in [1.54, 1.807) is 17.0 Å². The molecule has 41 heavy (non-hydrogen) atoms. The Kier molecular flexibility index (Phi) is 7.39. The zero-order valence-corrected chi connectivity index (χ0v) is 23.0. The van der Waals surface area contributed by atoms with E-state index >= 15 is 0 Å². The fraction of sp³-hybridized carbons (Fsp3) is 0.162. The molecule has 2 atom stereocenters. The molecule has 0 radical (unpaired) electrons. The van der Waals surface area contributed by atoms with Gasteiger partial charge < -0.3 is 9.64 Å². The molecular formula is C37H32FNO2. The van der Waals surface area contributed by atoms with Crippen molar-refractivity contribution in [3.8, 4) is 5.75 Å². The van der Waals surface area contributed by atoms with E-state index in [1.165, 1.54) is 12.1 Å². The molecule has 6 rings (SSSR count). The number of benzene rings is 5. The van der Waals surface area contributed by atoms with Gasteiger partial charge in [0.15, 0.2) is 5.60 Å². The minimum Gasteiger partial charge on any atom is -0.473 e. The van der Waals surface area contributed by atoms with Gasteiger partial charge in [0.1, 0.15) is 11.6 Å². The first kappa shape index (κ1) is 26.5. The molecule has 3 nitrogen and oxygen atoms in total. The molecule has 0 unspecified atom stereocenters. The van der Waals surface area contributed by atoms with Gasteiger partial charge in [0.2, 0.25) is 5.91 Å². The highest BCUT2D eigenvalue weighted by atomic mass is 19.1. The highest BCUT2D eigenvalue weighted by molar-refractivity contribution is 6.03. The minimum absolute atomic E-state index is 0.0834. The van der Waals surface area contributed by atoms with E-state index < -0.39 is 5.60 Å². The van der Waals surface area contributed by atoms with Crippen LogP contribution < -0.4 is 9.64 Å². The maximum Gasteiger partial charge on any atom is 0.233 e. The number of carbonyl (C=O) groups is 1. The molecule has 1 heterocycles. The quantitative estimate of drug-likeness (QED) is 0.138. The third-order valence-electron chi connectivity index (χ3n) is 7.95. The standard InChI is InChI=1S/C37H32FNO2/c1-2-12-34-35(39(36(34)40)32-23-21-31(38)22-24-32)27-19-25-33(26-20-27)41-37(28-13-6-3-7-14-28,29-15-8-4-9-16-29)30-17-10-5-11-18-30/h3-11,13-26,34-35H,2,12H2,1H3/t34-,35-/m1/s1. The first-order valence-electron chi connectivity index (χ1n) is 14.2. The lowest BCUT2D eigenvalue weighted by Crippen LogP contribution is -2.55. The fourth-order valence-electron chi connectivity index (χ4n) is 6.02. The van der Waals surface area contributed by atoms with Gasteiger partial charge in [0.25, 0.3) is 0 Å². The third kappa shape index (κ3) is 4.91. The molecule has 1 aliphatic rings. The fourth-order valence-corrected chi connectivity index (χ4v) is 6.02. The number of rotatable bonds is 9. The van der Waals surface area contributed by atoms with Gasteiger partial charge in [-0.1, -0.05) is 116 Å². The number of ether oxygens (including phenoxy) is 1. The highest BCUT2D eigenvalue weighted by Gasteiger charge is 2.48. The van der Waals surface area contributed by atoms with Gasteiger partial charge in [-0.25, -0.2) is 4.39 Å². The van der Waals surface area contributed by atoms with E-state index in [0.29, 0.717) is 5.69 Å². The van der Waals surface area contributed by atoms with Crippen LogP contribution in [0.15, 0.2) is 140 Å². The maximum absolute atomic E-state index is 13.6. The highest BCUT2D eigenvalue weighted by Crippen LogP contribution is 2.46. The Bertz CT molecular complexity index is 1490. The van der Waals surface area contributed by atoms with Crippen LogP contribution in [0.5, 0.6) is 5.75 Å². The summed E-state index contributed by atoms with van der Waals surface area (Å²) in [4.78, 5) is 14.9. The van der Waals surface area contributed by atoms with Crippen molar-refractivity contribution in [1.29, 1.82) is 0 Å². The number of hydrogen-bond acceptors (Lipinski definition) is 2. The molecule has 1 fully saturated rings. The van der Waals surface area contributed by atoms with Crippen LogP contribution in [0.3, 0.4) is 0 Å². The van der Waals surface area contributed by atoms with Crippen molar-refractivity contribution in [2.75, 3.05) is 4.90 Å². The smallest absolute Gasteiger partial charge is 0.233 e. The average molecular weight is 542 g/mol. The molecule has 1 amide bonds. The Hall–Kier alpha value is -4.70. The van der Waals surface area contributed by atoms with Crippen LogP contribution in [0.2, 0.25) is 0 Å². The van der Waals surface area contributed by atoms with Gasteiger partial charge >= 0.3 is 0 Å². The van der Waals surface area contributed by atoms with Crippen LogP contribution in [0, 0.1) is 11.7 Å². The van der Waals surface area contributed by atoms with Crippen molar-refractivity contribution in [3.05, 3.63) is 168 Å². The summed E-state index contributed by atoms with van der Waals surface area (Å²) in [6.07, 6.45) is 1.72. The summed E-state index contributed by atoms with van der Waals surface area (Å²) in [5.74, 6) is 0.383. The predicted molar refractivity (Wildman–Crippen MR) is 161 cm³/mol. The summed E-state index contributed by atoms with van der Waals surface area (Å²) in [7, 11) is 0. The molecule has 0 N–H and O–H groups in total. The predicted octanol–water partition coefficient (Wildman–Crippen LogP) is 8.70. The van der Waals surface area contributed by atoms with Crippen molar-refractivity contribution in [2.24, 2.45) is 5.92 Å². The first-order chi connectivity index (χ1) is 20.1. The molecule has 0 aromatic heterocycles. The molecule has 1 aliphatic heterocycles. The van der Waals surface area contributed by atoms with Crippen molar-refractivity contribution in [3.63, 3.8) is 0 Å². The number of β-lactam (4-membered cyclic amide) rings is 1. The van der Waals surface area contributed by atoms with Gasteiger partial charge in [0, 0.05) is 22.4 Å². The summed E-state index contributed by atoms with van der Waals surface area (Å²) in [6, 6.07) is 45.0. The van der Waals surface area contributed by atoms with E-state index in [0.717, 1.165) is 40.8 Å². The van der Waals surface area contributed by atoms with E-state index in [9.17, 15) is 9.18 Å². The molecule has 0 saturated carbocycles. The van der Waals surface area contributed by atoms with Gasteiger partial charge in [-0.2, -0.15) is 0 Å². The zero-order chi connectivity index (χ0) is 28.2. The Morgan fingerprint density at radius 1 is 0.683 bits per heavy atom. The third-order valence-corrected chi connectivity index (χ3v) is 7.95. The second-order valence-electron chi connectivity index (χ2n) is 10.5. The molecule has 5 aromatic carbocycles. The molecule has 204 valence electrons. The number of hydrogen-bond donors (Lipinski definition) is 0. The first-order valence-corrected chi connectivity index (χ1v) is 14.2. The largest absolute Gasteiger partial charge is 0.473 e. The second-order valence-corrected chi connectivity index (χ2v) is 10.5. The van der Waals surface area contributed by atoms with E-state index in [4.69, 9.17) is 4.74 Å². The van der Waals surface area contributed by atoms with Crippen molar-refractivity contribution < 1.29 is 13.9 Å². The van der Waals surface area contributed by atoms with Crippen LogP contribution in [0.4, 0.5) is 10.1 Å². The number of anilines is 1. The monoisotopic (exact) mass is 541 g/mol. The molecule has 0 spiro atoms. The molecular weight excluding hydrogens is 509 g/mol. The second kappa shape index (κ2) is 11.4. The lowest BCUT2D eigenvalue weighted by Gasteiger charge is -2.47. The zero-order valence-electron chi connectivity index (χ0n) is 23.0. The molecule has 0 aliphatic carbocycles. The Labute approximate surface area is 240 Å². The summed E-state index contributed by atoms with van der Waals surface area (Å²) in [5.41, 5.74) is 3.95. The van der Waals surface area contributed by atoms with Crippen LogP contribution in [-0.4, -0.2) is 5.91 Å². The normalized spacial score (nSPS) is 16.7. The number of nitrogens with zero attached hydrogens (tertiary/aromatic N) is 1. The number of halogens is 1. The summed E-state index contributed by atoms with van der Waals surface area (Å²) >= 11 is 0. The number of amides is 1. The van der Waals surface area contributed by atoms with Crippen molar-refractivity contribution >= 4 is 11.6 Å². The van der Waals surface area contributed by atoms with E-state index in [2.05, 4.69) is 55.5 Å². The van der Waals surface area contributed by atoms with Gasteiger partial charge in [-0.15, -0.1) is 0 Å². The maximum atomic E-state index is 13.6. The Morgan fingerprint density at radius 3 is 1.63 bits per heavy atom. The van der Waals surface area contributed by atoms with Crippen LogP contribution in [-0.2, 0) is 10.4 Å². The molecule has 1 saturated heterocycles. The van der Waals surface area contributed by atoms with Gasteiger partial charge in [-0.05, 0) is 48.4 Å². The summed E-state index contributed by atoms with van der Waals surface area (Å²) < 4.78 is 20.7. The minimum atomic E-state index is -0.872. The average Bonchev–Trinajstić information content (AvgIpc) is 3.03. The molecule has 0 bridgehead atoms. The van der Waals surface area contributed by atoms with Crippen LogP contribution in [0.25, 0.3) is 0 Å². The Morgan fingerprint density at radius 2 is 1.17 bits per heavy atom. The van der Waals surface area contributed by atoms with E-state index in [-0.39, 0.29) is 23.7 Å². The SMILES string of the molecule is CCC[C@H]1C(=O)N(c2ccc(F)cc2)[C@@H]1c1ccc(OC(c2ccccc2)(c2ccccc2)c2ccccc2)cc1. The van der Waals surface area contributed by atoms with Crippen LogP contribution in [0.1, 0.15) is 48.1 Å². The van der Waals surface area contributed by atoms with E-state index in [1.807, 2.05) is 66.7 Å². The topological polar surface area (TPSA) is 29.5 Å². The van der Waals surface area contributed by atoms with Crippen molar-refractivity contribution in [1.82, 2.24) is 0 Å². The lowest BCUT2D eigenvalue weighted by atomic mass is 9.79. The van der Waals surface area contributed by atoms with Crippen LogP contribution >= 0.6 is 0 Å². The molecule has 5 aromatic rings. The lowest BCUT2D eigenvalue weighted by molar-refractivity contribution is -0.130. The Balaban J connectivity index is 1.40. The molecule has 4 heteroatoms. The van der Waals surface area contributed by atoms with Crippen molar-refractivity contribution in [2.45, 2.75) is 31.4 Å². The summed E-state index contributed by atoms with van der Waals surface area (Å²) in [6.45, 7) is 2.10. The van der Waals surface area contributed by atoms with Gasteiger partial charge in [0.05, 0.1) is 12.0 Å². The van der Waals surface area contributed by atoms with Gasteiger partial charge in [-0.3, -0.25) is 4.79 Å². The summed E-state index contributed by atoms with van der Waals surface area (Å²) in [5, 5.41) is 0.